The molecular weight excluding hydrogens is 376 g/mol. The van der Waals surface area contributed by atoms with E-state index in [1.165, 1.54) is 5.56 Å². The zero-order valence-corrected chi connectivity index (χ0v) is 16.2. The summed E-state index contributed by atoms with van der Waals surface area (Å²) in [5.74, 6) is -1.27. The molecule has 3 N–H and O–H groups in total. The number of carboxylic acids is 1. The second-order valence-corrected chi connectivity index (χ2v) is 7.89. The third-order valence-corrected chi connectivity index (χ3v) is 6.05. The molecule has 0 bridgehead atoms. The number of nitrogens with two attached hydrogens (primary N) is 1. The Balaban J connectivity index is 1.95. The first-order chi connectivity index (χ1) is 13.6. The van der Waals surface area contributed by atoms with Gasteiger partial charge >= 0.3 is 5.97 Å². The highest BCUT2D eigenvalue weighted by molar-refractivity contribution is 7.07. The van der Waals surface area contributed by atoms with E-state index in [0.29, 0.717) is 18.7 Å². The lowest BCUT2D eigenvalue weighted by atomic mass is 9.92. The van der Waals surface area contributed by atoms with Gasteiger partial charge in [0.2, 0.25) is 5.91 Å². The first-order valence-electron chi connectivity index (χ1n) is 9.35. The van der Waals surface area contributed by atoms with Crippen molar-refractivity contribution in [3.05, 3.63) is 51.8 Å². The molecule has 0 radical (unpaired) electrons. The number of aliphatic carboxylic acids is 1. The van der Waals surface area contributed by atoms with Gasteiger partial charge in [0.15, 0.2) is 6.61 Å². The molecule has 3 aromatic rings. The average molecular weight is 398 g/mol. The van der Waals surface area contributed by atoms with Crippen LogP contribution in [0.2, 0.25) is 0 Å². The first-order valence-corrected chi connectivity index (χ1v) is 10.3. The summed E-state index contributed by atoms with van der Waals surface area (Å²) >= 11 is 1.65. The summed E-state index contributed by atoms with van der Waals surface area (Å²) in [5, 5.41) is 14.0. The van der Waals surface area contributed by atoms with Gasteiger partial charge in [-0.2, -0.15) is 11.3 Å². The van der Waals surface area contributed by atoms with Crippen molar-refractivity contribution >= 4 is 34.1 Å². The minimum Gasteiger partial charge on any atom is -0.481 e. The van der Waals surface area contributed by atoms with Crippen LogP contribution in [0.1, 0.15) is 42.0 Å². The zero-order valence-electron chi connectivity index (χ0n) is 15.4. The maximum atomic E-state index is 12.3. The lowest BCUT2D eigenvalue weighted by Gasteiger charge is -2.14. The van der Waals surface area contributed by atoms with Crippen LogP contribution in [0.4, 0.5) is 0 Å². The molecular formula is C21H22N2O4S. The molecule has 2 aromatic heterocycles. The van der Waals surface area contributed by atoms with E-state index in [1.807, 2.05) is 17.5 Å². The number of benzene rings is 1. The van der Waals surface area contributed by atoms with Gasteiger partial charge in [0.05, 0.1) is 11.4 Å². The van der Waals surface area contributed by atoms with Gasteiger partial charge in [0.25, 0.3) is 0 Å². The number of carboxylic acid groups (broad SMARTS) is 1. The Bertz CT molecular complexity index is 1020. The monoisotopic (exact) mass is 398 g/mol. The predicted octanol–water partition coefficient (Wildman–Crippen LogP) is 3.51. The van der Waals surface area contributed by atoms with Crippen LogP contribution in [0.5, 0.6) is 5.75 Å². The lowest BCUT2D eigenvalue weighted by molar-refractivity contribution is -0.139. The van der Waals surface area contributed by atoms with Crippen molar-refractivity contribution in [2.24, 2.45) is 5.73 Å². The highest BCUT2D eigenvalue weighted by atomic mass is 32.1. The number of fused-ring (bicyclic) bond motifs is 3. The van der Waals surface area contributed by atoms with E-state index in [9.17, 15) is 9.59 Å². The number of rotatable bonds is 6. The Morgan fingerprint density at radius 1 is 1.29 bits per heavy atom. The van der Waals surface area contributed by atoms with Gasteiger partial charge < -0.3 is 20.1 Å². The van der Waals surface area contributed by atoms with Crippen LogP contribution in [0.15, 0.2) is 35.0 Å². The molecule has 1 aromatic carbocycles. The van der Waals surface area contributed by atoms with Crippen LogP contribution in [0, 0.1) is 0 Å². The third-order valence-electron chi connectivity index (χ3n) is 5.32. The minimum absolute atomic E-state index is 0.342. The van der Waals surface area contributed by atoms with Crippen LogP contribution in [0.25, 0.3) is 10.9 Å². The summed E-state index contributed by atoms with van der Waals surface area (Å²) in [6.07, 6.45) is 3.48. The number of primary amides is 1. The molecule has 0 saturated carbocycles. The van der Waals surface area contributed by atoms with Gasteiger partial charge in [-0.3, -0.25) is 4.79 Å². The van der Waals surface area contributed by atoms with Crippen LogP contribution in [0.3, 0.4) is 0 Å². The summed E-state index contributed by atoms with van der Waals surface area (Å²) in [6.45, 7) is 0.272. The maximum absolute atomic E-state index is 12.3. The van der Waals surface area contributed by atoms with E-state index >= 15 is 0 Å². The molecule has 1 aliphatic carbocycles. The fourth-order valence-corrected chi connectivity index (χ4v) is 4.83. The van der Waals surface area contributed by atoms with Crippen molar-refractivity contribution in [1.29, 1.82) is 0 Å². The standard InChI is InChI=1S/C21H22N2O4S/c22-21(26)14-4-1-2-5-15-19(14)20-16(23(15)10-13-8-9-28-12-13)6-3-7-17(20)27-11-18(24)25/h3,6-9,12,14H,1-2,4-5,10-11H2,(H2,22,26)(H,24,25). The summed E-state index contributed by atoms with van der Waals surface area (Å²) in [7, 11) is 0. The molecule has 1 aliphatic rings. The summed E-state index contributed by atoms with van der Waals surface area (Å²) < 4.78 is 7.84. The van der Waals surface area contributed by atoms with Gasteiger partial charge in [-0.05, 0) is 59.3 Å². The van der Waals surface area contributed by atoms with E-state index in [-0.39, 0.29) is 5.91 Å². The Morgan fingerprint density at radius 2 is 2.14 bits per heavy atom. The quantitative estimate of drug-likeness (QED) is 0.621. The van der Waals surface area contributed by atoms with Crippen molar-refractivity contribution < 1.29 is 19.4 Å². The highest BCUT2D eigenvalue weighted by Crippen LogP contribution is 2.42. The smallest absolute Gasteiger partial charge is 0.341 e. The molecule has 0 aliphatic heterocycles. The minimum atomic E-state index is -1.03. The van der Waals surface area contributed by atoms with Crippen molar-refractivity contribution in [1.82, 2.24) is 4.57 Å². The van der Waals surface area contributed by atoms with Crippen molar-refractivity contribution in [2.45, 2.75) is 38.1 Å². The lowest BCUT2D eigenvalue weighted by Crippen LogP contribution is -2.21. The van der Waals surface area contributed by atoms with Crippen LogP contribution in [-0.2, 0) is 22.6 Å². The van der Waals surface area contributed by atoms with Crippen LogP contribution in [-0.4, -0.2) is 28.2 Å². The van der Waals surface area contributed by atoms with E-state index in [0.717, 1.165) is 41.4 Å². The van der Waals surface area contributed by atoms with Gasteiger partial charge in [-0.15, -0.1) is 0 Å². The summed E-state index contributed by atoms with van der Waals surface area (Å²) in [4.78, 5) is 23.3. The summed E-state index contributed by atoms with van der Waals surface area (Å²) in [6, 6.07) is 7.73. The van der Waals surface area contributed by atoms with Gasteiger partial charge in [0.1, 0.15) is 5.75 Å². The fraction of sp³-hybridized carbons (Fsp3) is 0.333. The average Bonchev–Trinajstić information content (AvgIpc) is 3.21. The largest absolute Gasteiger partial charge is 0.481 e. The first kappa shape index (κ1) is 18.6. The van der Waals surface area contributed by atoms with E-state index in [4.69, 9.17) is 15.6 Å². The molecule has 1 unspecified atom stereocenters. The van der Waals surface area contributed by atoms with Crippen molar-refractivity contribution in [3.63, 3.8) is 0 Å². The van der Waals surface area contributed by atoms with E-state index in [1.54, 1.807) is 17.4 Å². The second kappa shape index (κ2) is 7.67. The fourth-order valence-electron chi connectivity index (χ4n) is 4.17. The molecule has 2 heterocycles. The van der Waals surface area contributed by atoms with Crippen molar-refractivity contribution in [3.8, 4) is 5.75 Å². The number of carbonyl (C=O) groups excluding carboxylic acids is 1. The molecule has 1 atom stereocenters. The predicted molar refractivity (Wildman–Crippen MR) is 108 cm³/mol. The highest BCUT2D eigenvalue weighted by Gasteiger charge is 2.31. The molecule has 7 heteroatoms. The van der Waals surface area contributed by atoms with Crippen molar-refractivity contribution in [2.75, 3.05) is 6.61 Å². The second-order valence-electron chi connectivity index (χ2n) is 7.11. The third kappa shape index (κ3) is 3.38. The molecule has 6 nitrogen and oxygen atoms in total. The number of amides is 1. The maximum Gasteiger partial charge on any atom is 0.341 e. The van der Waals surface area contributed by atoms with E-state index in [2.05, 4.69) is 16.0 Å². The van der Waals surface area contributed by atoms with Crippen LogP contribution >= 0.6 is 11.3 Å². The molecule has 0 spiro atoms. The molecule has 28 heavy (non-hydrogen) atoms. The molecule has 0 fully saturated rings. The Morgan fingerprint density at radius 3 is 2.86 bits per heavy atom. The molecule has 0 saturated heterocycles. The van der Waals surface area contributed by atoms with Gasteiger partial charge in [-0.1, -0.05) is 12.5 Å². The van der Waals surface area contributed by atoms with Gasteiger partial charge in [0, 0.05) is 17.6 Å². The number of ether oxygens (including phenoxy) is 1. The number of nitrogens with zero attached hydrogens (tertiary/aromatic N) is 1. The molecule has 146 valence electrons. The van der Waals surface area contributed by atoms with E-state index < -0.39 is 18.5 Å². The Labute approximate surface area is 166 Å². The Hall–Kier alpha value is -2.80. The van der Waals surface area contributed by atoms with Crippen LogP contribution < -0.4 is 10.5 Å². The zero-order chi connectivity index (χ0) is 19.7. The van der Waals surface area contributed by atoms with Gasteiger partial charge in [-0.25, -0.2) is 4.79 Å². The number of thiophene rings is 1. The number of hydrogen-bond donors (Lipinski definition) is 2. The summed E-state index contributed by atoms with van der Waals surface area (Å²) in [5.41, 5.74) is 9.94. The number of aromatic nitrogens is 1. The normalized spacial score (nSPS) is 16.5. The number of carbonyl (C=O) groups is 2. The topological polar surface area (TPSA) is 94.6 Å². The Kier molecular flexibility index (Phi) is 5.09. The number of hydrogen-bond acceptors (Lipinski definition) is 4. The molecule has 1 amide bonds. The molecule has 4 rings (SSSR count). The SMILES string of the molecule is NC(=O)C1CCCCc2c1c1c(OCC(=O)O)cccc1n2Cc1ccsc1.